The Kier molecular flexibility index (Phi) is 2.86. The summed E-state index contributed by atoms with van der Waals surface area (Å²) in [4.78, 5) is 0. The first-order valence-electron chi connectivity index (χ1n) is 4.25. The number of nitrogens with zero attached hydrogens (tertiary/aromatic N) is 1. The molecule has 1 atom stereocenters. The van der Waals surface area contributed by atoms with Crippen molar-refractivity contribution >= 4 is 11.4 Å². The molecule has 0 aromatic carbocycles. The van der Waals surface area contributed by atoms with Crippen LogP contribution in [-0.4, -0.2) is 26.7 Å². The Labute approximate surface area is 78.0 Å². The first-order valence-corrected chi connectivity index (χ1v) is 5.35. The van der Waals surface area contributed by atoms with Gasteiger partial charge in [0.15, 0.2) is 0 Å². The van der Waals surface area contributed by atoms with Gasteiger partial charge in [-0.15, -0.1) is 4.31 Å². The van der Waals surface area contributed by atoms with E-state index >= 15 is 0 Å². The summed E-state index contributed by atoms with van der Waals surface area (Å²) in [6.45, 7) is 11.6. The summed E-state index contributed by atoms with van der Waals surface area (Å²) < 4.78 is 13.7. The minimum absolute atomic E-state index is 0.134. The van der Waals surface area contributed by atoms with Crippen molar-refractivity contribution in [3.63, 3.8) is 0 Å². The van der Waals surface area contributed by atoms with Gasteiger partial charge in [0.1, 0.15) is 4.75 Å². The lowest BCUT2D eigenvalue weighted by molar-refractivity contribution is 0.454. The van der Waals surface area contributed by atoms with Gasteiger partial charge in [-0.05, 0) is 27.2 Å². The van der Waals surface area contributed by atoms with Crippen molar-refractivity contribution in [2.75, 3.05) is 13.1 Å². The molecule has 1 aliphatic rings. The van der Waals surface area contributed by atoms with Gasteiger partial charge in [0, 0.05) is 17.9 Å². The fraction of sp³-hybridized carbons (Fsp3) is 0.778. The summed E-state index contributed by atoms with van der Waals surface area (Å²) in [6.07, 6.45) is 1.00. The second kappa shape index (κ2) is 3.40. The summed E-state index contributed by atoms with van der Waals surface area (Å²) in [6, 6.07) is 0. The summed E-state index contributed by atoms with van der Waals surface area (Å²) in [5, 5.41) is 0. The molecule has 12 heavy (non-hydrogen) atoms. The Bertz CT molecular complexity index is 185. The molecular formula is C9H17NOS. The molecule has 0 amide bonds. The van der Waals surface area contributed by atoms with E-state index in [1.165, 1.54) is 5.57 Å². The van der Waals surface area contributed by atoms with E-state index in [-0.39, 0.29) is 4.75 Å². The lowest BCUT2D eigenvalue weighted by atomic mass is 10.3. The van der Waals surface area contributed by atoms with Crippen LogP contribution < -0.4 is 0 Å². The normalized spacial score (nSPS) is 23.2. The van der Waals surface area contributed by atoms with E-state index in [2.05, 4.69) is 6.58 Å². The third-order valence-electron chi connectivity index (χ3n) is 1.87. The molecule has 0 aromatic rings. The molecule has 0 unspecified atom stereocenters. The molecule has 0 aromatic heterocycles. The largest absolute Gasteiger partial charge is 0.597 e. The van der Waals surface area contributed by atoms with E-state index in [1.54, 1.807) is 0 Å². The number of hydrogen-bond acceptors (Lipinski definition) is 2. The van der Waals surface area contributed by atoms with E-state index in [0.29, 0.717) is 0 Å². The topological polar surface area (TPSA) is 26.3 Å². The SMILES string of the molecule is C=C1CCN([S@+]([O-])C(C)(C)C)C1. The monoisotopic (exact) mass is 187 g/mol. The first kappa shape index (κ1) is 10.1. The van der Waals surface area contributed by atoms with Crippen molar-refractivity contribution in [2.45, 2.75) is 31.9 Å². The fourth-order valence-corrected chi connectivity index (χ4v) is 2.55. The zero-order valence-electron chi connectivity index (χ0n) is 8.09. The lowest BCUT2D eigenvalue weighted by Crippen LogP contribution is -2.41. The molecule has 0 saturated carbocycles. The molecular weight excluding hydrogens is 170 g/mol. The zero-order valence-corrected chi connectivity index (χ0v) is 8.91. The molecule has 2 nitrogen and oxygen atoms in total. The molecule has 3 heteroatoms. The highest BCUT2D eigenvalue weighted by atomic mass is 32.2. The van der Waals surface area contributed by atoms with Crippen molar-refractivity contribution in [1.29, 1.82) is 0 Å². The maximum Gasteiger partial charge on any atom is 0.137 e. The molecule has 0 aliphatic carbocycles. The summed E-state index contributed by atoms with van der Waals surface area (Å²) in [7, 11) is 0. The van der Waals surface area contributed by atoms with Crippen molar-refractivity contribution < 1.29 is 4.55 Å². The Morgan fingerprint density at radius 2 is 2.08 bits per heavy atom. The Balaban J connectivity index is 2.54. The van der Waals surface area contributed by atoms with Crippen LogP contribution in [0.25, 0.3) is 0 Å². The van der Waals surface area contributed by atoms with Gasteiger partial charge in [-0.1, -0.05) is 12.2 Å². The Morgan fingerprint density at radius 1 is 1.50 bits per heavy atom. The van der Waals surface area contributed by atoms with E-state index < -0.39 is 11.4 Å². The predicted molar refractivity (Wildman–Crippen MR) is 53.2 cm³/mol. The molecule has 1 rings (SSSR count). The van der Waals surface area contributed by atoms with Crippen molar-refractivity contribution in [3.8, 4) is 0 Å². The van der Waals surface area contributed by atoms with E-state index in [0.717, 1.165) is 19.5 Å². The molecule has 0 bridgehead atoms. The number of rotatable bonds is 1. The van der Waals surface area contributed by atoms with E-state index in [4.69, 9.17) is 0 Å². The van der Waals surface area contributed by atoms with Gasteiger partial charge >= 0.3 is 0 Å². The molecule has 1 aliphatic heterocycles. The fourth-order valence-electron chi connectivity index (χ4n) is 1.22. The Morgan fingerprint density at radius 3 is 2.42 bits per heavy atom. The summed E-state index contributed by atoms with van der Waals surface area (Å²) in [5.74, 6) is 0. The second-order valence-electron chi connectivity index (χ2n) is 4.23. The molecule has 1 saturated heterocycles. The van der Waals surface area contributed by atoms with Crippen molar-refractivity contribution in [1.82, 2.24) is 4.31 Å². The van der Waals surface area contributed by atoms with Gasteiger partial charge in [-0.25, -0.2) is 0 Å². The van der Waals surface area contributed by atoms with Crippen LogP contribution in [0.4, 0.5) is 0 Å². The molecule has 0 radical (unpaired) electrons. The highest BCUT2D eigenvalue weighted by Gasteiger charge is 2.35. The predicted octanol–water partition coefficient (Wildman–Crippen LogP) is 1.71. The molecule has 70 valence electrons. The van der Waals surface area contributed by atoms with Gasteiger partial charge in [0.05, 0.1) is 6.54 Å². The molecule has 1 fully saturated rings. The van der Waals surface area contributed by atoms with Gasteiger partial charge in [-0.2, -0.15) is 0 Å². The van der Waals surface area contributed by atoms with Gasteiger partial charge < -0.3 is 4.55 Å². The van der Waals surface area contributed by atoms with Crippen molar-refractivity contribution in [2.24, 2.45) is 0 Å². The van der Waals surface area contributed by atoms with E-state index in [9.17, 15) is 4.55 Å². The minimum atomic E-state index is -0.861. The first-order chi connectivity index (χ1) is 5.41. The molecule has 0 spiro atoms. The Hall–Kier alpha value is 0.01000. The van der Waals surface area contributed by atoms with Crippen LogP contribution in [0.1, 0.15) is 27.2 Å². The highest BCUT2D eigenvalue weighted by Crippen LogP contribution is 2.25. The quantitative estimate of drug-likeness (QED) is 0.461. The van der Waals surface area contributed by atoms with Crippen LogP contribution >= 0.6 is 0 Å². The maximum atomic E-state index is 11.8. The molecule has 1 heterocycles. The number of hydrogen-bond donors (Lipinski definition) is 0. The second-order valence-corrected chi connectivity index (χ2v) is 6.46. The zero-order chi connectivity index (χ0) is 9.35. The van der Waals surface area contributed by atoms with E-state index in [1.807, 2.05) is 25.1 Å². The highest BCUT2D eigenvalue weighted by molar-refractivity contribution is 7.90. The summed E-state index contributed by atoms with van der Waals surface area (Å²) >= 11 is -0.861. The molecule has 0 N–H and O–H groups in total. The van der Waals surface area contributed by atoms with Crippen LogP contribution in [0, 0.1) is 0 Å². The average molecular weight is 187 g/mol. The van der Waals surface area contributed by atoms with Gasteiger partial charge in [0.2, 0.25) is 0 Å². The minimum Gasteiger partial charge on any atom is -0.597 e. The van der Waals surface area contributed by atoms with Crippen LogP contribution in [0.5, 0.6) is 0 Å². The van der Waals surface area contributed by atoms with Crippen LogP contribution in [-0.2, 0) is 11.4 Å². The summed E-state index contributed by atoms with van der Waals surface area (Å²) in [5.41, 5.74) is 1.20. The van der Waals surface area contributed by atoms with Crippen LogP contribution in [0.15, 0.2) is 12.2 Å². The van der Waals surface area contributed by atoms with Crippen LogP contribution in [0.3, 0.4) is 0 Å². The van der Waals surface area contributed by atoms with Gasteiger partial charge in [0.25, 0.3) is 0 Å². The third-order valence-corrected chi connectivity index (χ3v) is 3.70. The van der Waals surface area contributed by atoms with Gasteiger partial charge in [-0.3, -0.25) is 0 Å². The maximum absolute atomic E-state index is 11.8. The smallest absolute Gasteiger partial charge is 0.137 e. The average Bonchev–Trinajstić information content (AvgIpc) is 2.32. The third kappa shape index (κ3) is 2.25. The van der Waals surface area contributed by atoms with Crippen molar-refractivity contribution in [3.05, 3.63) is 12.2 Å². The lowest BCUT2D eigenvalue weighted by Gasteiger charge is -2.29. The standard InChI is InChI=1S/C9H17NOS/c1-8-5-6-10(7-8)12(11)9(2,3)4/h1,5-7H2,2-4H3/t12-/m1/s1. The van der Waals surface area contributed by atoms with Crippen LogP contribution in [0.2, 0.25) is 0 Å².